The van der Waals surface area contributed by atoms with E-state index in [1.54, 1.807) is 17.2 Å². The molecule has 1 fully saturated rings. The van der Waals surface area contributed by atoms with Crippen LogP contribution in [0.5, 0.6) is 0 Å². The lowest BCUT2D eigenvalue weighted by Gasteiger charge is -2.33. The molecule has 5 heteroatoms. The Bertz CT molecular complexity index is 754. The highest BCUT2D eigenvalue weighted by Gasteiger charge is 2.39. The molecule has 4 rings (SSSR count). The SMILES string of the molecule is O=C([C@@H]1CCC(=O)N1Cc1ccco1)N1CCc2ccccc2C1. The number of amides is 2. The van der Waals surface area contributed by atoms with Crippen LogP contribution in [0.15, 0.2) is 47.1 Å². The van der Waals surface area contributed by atoms with Gasteiger partial charge in [-0.15, -0.1) is 0 Å². The normalized spacial score (nSPS) is 20.3. The third-order valence-electron chi connectivity index (χ3n) is 4.96. The molecule has 3 heterocycles. The Morgan fingerprint density at radius 3 is 2.75 bits per heavy atom. The van der Waals surface area contributed by atoms with Gasteiger partial charge in [0.1, 0.15) is 11.8 Å². The van der Waals surface area contributed by atoms with Gasteiger partial charge in [0.25, 0.3) is 0 Å². The molecule has 24 heavy (non-hydrogen) atoms. The Hall–Kier alpha value is -2.56. The maximum absolute atomic E-state index is 13.0. The van der Waals surface area contributed by atoms with Crippen molar-refractivity contribution in [3.63, 3.8) is 0 Å². The minimum absolute atomic E-state index is 0.0298. The molecule has 0 bridgehead atoms. The highest BCUT2D eigenvalue weighted by Crippen LogP contribution is 2.26. The average Bonchev–Trinajstić information content (AvgIpc) is 3.25. The Morgan fingerprint density at radius 1 is 1.12 bits per heavy atom. The largest absolute Gasteiger partial charge is 0.467 e. The number of fused-ring (bicyclic) bond motifs is 1. The highest BCUT2D eigenvalue weighted by atomic mass is 16.3. The van der Waals surface area contributed by atoms with Crippen molar-refractivity contribution in [2.75, 3.05) is 6.54 Å². The van der Waals surface area contributed by atoms with E-state index in [1.807, 2.05) is 23.1 Å². The van der Waals surface area contributed by atoms with E-state index in [0.29, 0.717) is 31.7 Å². The highest BCUT2D eigenvalue weighted by molar-refractivity contribution is 5.91. The Labute approximate surface area is 140 Å². The zero-order valence-corrected chi connectivity index (χ0v) is 13.5. The molecular formula is C19H20N2O3. The minimum Gasteiger partial charge on any atom is -0.467 e. The van der Waals surface area contributed by atoms with Gasteiger partial charge in [0.2, 0.25) is 11.8 Å². The number of nitrogens with zero attached hydrogens (tertiary/aromatic N) is 2. The van der Waals surface area contributed by atoms with Gasteiger partial charge >= 0.3 is 0 Å². The van der Waals surface area contributed by atoms with E-state index in [-0.39, 0.29) is 17.9 Å². The average molecular weight is 324 g/mol. The summed E-state index contributed by atoms with van der Waals surface area (Å²) in [6.07, 6.45) is 3.49. The van der Waals surface area contributed by atoms with Gasteiger partial charge < -0.3 is 14.2 Å². The van der Waals surface area contributed by atoms with E-state index < -0.39 is 0 Å². The lowest BCUT2D eigenvalue weighted by molar-refractivity contribution is -0.142. The predicted octanol–water partition coefficient (Wildman–Crippen LogP) is 2.36. The first-order valence-corrected chi connectivity index (χ1v) is 8.40. The Morgan fingerprint density at radius 2 is 1.96 bits per heavy atom. The van der Waals surface area contributed by atoms with Gasteiger partial charge in [-0.05, 0) is 36.1 Å². The van der Waals surface area contributed by atoms with E-state index in [9.17, 15) is 9.59 Å². The standard InChI is InChI=1S/C19H20N2O3/c22-18-8-7-17(21(18)13-16-6-3-11-24-16)19(23)20-10-9-14-4-1-2-5-15(14)12-20/h1-6,11,17H,7-10,12-13H2/t17-/m0/s1. The zero-order valence-electron chi connectivity index (χ0n) is 13.5. The fourth-order valence-corrected chi connectivity index (χ4v) is 3.65. The van der Waals surface area contributed by atoms with Crippen LogP contribution in [-0.2, 0) is 29.1 Å². The third-order valence-corrected chi connectivity index (χ3v) is 4.96. The molecule has 0 radical (unpaired) electrons. The van der Waals surface area contributed by atoms with Gasteiger partial charge in [-0.25, -0.2) is 0 Å². The number of benzene rings is 1. The lowest BCUT2D eigenvalue weighted by Crippen LogP contribution is -2.47. The molecule has 1 saturated heterocycles. The lowest BCUT2D eigenvalue weighted by atomic mass is 9.99. The molecular weight excluding hydrogens is 304 g/mol. The summed E-state index contributed by atoms with van der Waals surface area (Å²) in [5.74, 6) is 0.802. The predicted molar refractivity (Wildman–Crippen MR) is 87.8 cm³/mol. The van der Waals surface area contributed by atoms with Crippen LogP contribution in [0.2, 0.25) is 0 Å². The van der Waals surface area contributed by atoms with E-state index in [4.69, 9.17) is 4.42 Å². The molecule has 1 aromatic heterocycles. The van der Waals surface area contributed by atoms with Crippen LogP contribution in [0.1, 0.15) is 29.7 Å². The van der Waals surface area contributed by atoms with Gasteiger partial charge in [0.05, 0.1) is 12.8 Å². The molecule has 2 aliphatic rings. The molecule has 0 unspecified atom stereocenters. The van der Waals surface area contributed by atoms with Crippen LogP contribution in [0.25, 0.3) is 0 Å². The number of carbonyl (C=O) groups is 2. The van der Waals surface area contributed by atoms with Crippen molar-refractivity contribution in [3.8, 4) is 0 Å². The maximum atomic E-state index is 13.0. The molecule has 0 spiro atoms. The second-order valence-corrected chi connectivity index (χ2v) is 6.43. The van der Waals surface area contributed by atoms with Gasteiger partial charge in [-0.3, -0.25) is 9.59 Å². The summed E-state index contributed by atoms with van der Waals surface area (Å²) in [5.41, 5.74) is 2.52. The van der Waals surface area contributed by atoms with E-state index in [0.717, 1.165) is 13.0 Å². The molecule has 1 atom stereocenters. The van der Waals surface area contributed by atoms with Crippen molar-refractivity contribution in [1.29, 1.82) is 0 Å². The molecule has 2 aromatic rings. The third kappa shape index (κ3) is 2.70. The monoisotopic (exact) mass is 324 g/mol. The smallest absolute Gasteiger partial charge is 0.245 e. The van der Waals surface area contributed by atoms with Crippen molar-refractivity contribution in [3.05, 3.63) is 59.5 Å². The number of hydrogen-bond donors (Lipinski definition) is 0. The first-order chi connectivity index (χ1) is 11.7. The fraction of sp³-hybridized carbons (Fsp3) is 0.368. The summed E-state index contributed by atoms with van der Waals surface area (Å²) in [5, 5.41) is 0. The summed E-state index contributed by atoms with van der Waals surface area (Å²) in [6, 6.07) is 11.5. The zero-order chi connectivity index (χ0) is 16.5. The van der Waals surface area contributed by atoms with Crippen LogP contribution in [0, 0.1) is 0 Å². The molecule has 2 aliphatic heterocycles. The van der Waals surface area contributed by atoms with Crippen molar-refractivity contribution in [2.24, 2.45) is 0 Å². The Balaban J connectivity index is 1.50. The van der Waals surface area contributed by atoms with Gasteiger partial charge in [0.15, 0.2) is 0 Å². The molecule has 5 nitrogen and oxygen atoms in total. The number of likely N-dealkylation sites (tertiary alicyclic amines) is 1. The number of furan rings is 1. The van der Waals surface area contributed by atoms with E-state index >= 15 is 0 Å². The van der Waals surface area contributed by atoms with Crippen LogP contribution in [0.4, 0.5) is 0 Å². The second-order valence-electron chi connectivity index (χ2n) is 6.43. The van der Waals surface area contributed by atoms with Crippen molar-refractivity contribution in [2.45, 2.75) is 38.4 Å². The second kappa shape index (κ2) is 6.15. The molecule has 1 aromatic carbocycles. The summed E-state index contributed by atoms with van der Waals surface area (Å²) in [4.78, 5) is 28.8. The first kappa shape index (κ1) is 15.0. The summed E-state index contributed by atoms with van der Waals surface area (Å²) in [7, 11) is 0. The quantitative estimate of drug-likeness (QED) is 0.871. The first-order valence-electron chi connectivity index (χ1n) is 8.40. The molecule has 0 N–H and O–H groups in total. The van der Waals surface area contributed by atoms with Gasteiger partial charge in [-0.1, -0.05) is 24.3 Å². The number of carbonyl (C=O) groups excluding carboxylic acids is 2. The van der Waals surface area contributed by atoms with Crippen molar-refractivity contribution in [1.82, 2.24) is 9.80 Å². The summed E-state index contributed by atoms with van der Waals surface area (Å²) < 4.78 is 5.35. The van der Waals surface area contributed by atoms with Crippen molar-refractivity contribution < 1.29 is 14.0 Å². The molecule has 2 amide bonds. The van der Waals surface area contributed by atoms with Crippen molar-refractivity contribution >= 4 is 11.8 Å². The summed E-state index contributed by atoms with van der Waals surface area (Å²) in [6.45, 7) is 1.72. The fourth-order valence-electron chi connectivity index (χ4n) is 3.65. The number of rotatable bonds is 3. The van der Waals surface area contributed by atoms with Gasteiger partial charge in [0, 0.05) is 19.5 Å². The van der Waals surface area contributed by atoms with Crippen LogP contribution in [0.3, 0.4) is 0 Å². The topological polar surface area (TPSA) is 53.8 Å². The van der Waals surface area contributed by atoms with Crippen LogP contribution in [-0.4, -0.2) is 34.2 Å². The molecule has 0 aliphatic carbocycles. The number of hydrogen-bond acceptors (Lipinski definition) is 3. The van der Waals surface area contributed by atoms with E-state index in [1.165, 1.54) is 11.1 Å². The van der Waals surface area contributed by atoms with Crippen LogP contribution >= 0.6 is 0 Å². The maximum Gasteiger partial charge on any atom is 0.245 e. The van der Waals surface area contributed by atoms with E-state index in [2.05, 4.69) is 12.1 Å². The minimum atomic E-state index is -0.368. The van der Waals surface area contributed by atoms with Crippen LogP contribution < -0.4 is 0 Å². The Kier molecular flexibility index (Phi) is 3.84. The summed E-state index contributed by atoms with van der Waals surface area (Å²) >= 11 is 0. The van der Waals surface area contributed by atoms with Gasteiger partial charge in [-0.2, -0.15) is 0 Å². The molecule has 0 saturated carbocycles. The molecule has 124 valence electrons.